The monoisotopic (exact) mass is 268 g/mol. The van der Waals surface area contributed by atoms with Gasteiger partial charge in [0.2, 0.25) is 0 Å². The van der Waals surface area contributed by atoms with Gasteiger partial charge in [0.15, 0.2) is 0 Å². The van der Waals surface area contributed by atoms with Crippen molar-refractivity contribution in [2.24, 2.45) is 5.92 Å². The maximum Gasteiger partial charge on any atom is 0.117 e. The molecule has 0 spiro atoms. The van der Waals surface area contributed by atoms with E-state index in [-0.39, 0.29) is 0 Å². The van der Waals surface area contributed by atoms with Crippen LogP contribution >= 0.6 is 0 Å². The van der Waals surface area contributed by atoms with Crippen LogP contribution in [0, 0.1) is 5.92 Å². The van der Waals surface area contributed by atoms with Crippen LogP contribution in [0.4, 0.5) is 0 Å². The first-order valence-corrected chi connectivity index (χ1v) is 7.09. The Morgan fingerprint density at radius 2 is 2.16 bits per heavy atom. The minimum atomic E-state index is 0.493. The van der Waals surface area contributed by atoms with Crippen LogP contribution in [0.2, 0.25) is 0 Å². The summed E-state index contributed by atoms with van der Waals surface area (Å²) in [6.45, 7) is 11.4. The molecule has 0 aliphatic carbocycles. The minimum Gasteiger partial charge on any atom is -0.468 e. The zero-order valence-electron chi connectivity index (χ0n) is 12.7. The van der Waals surface area contributed by atoms with E-state index in [4.69, 9.17) is 9.15 Å². The summed E-state index contributed by atoms with van der Waals surface area (Å²) < 4.78 is 10.5. The van der Waals surface area contributed by atoms with Gasteiger partial charge in [-0.05, 0) is 25.0 Å². The fourth-order valence-corrected chi connectivity index (χ4v) is 2.12. The van der Waals surface area contributed by atoms with Crippen LogP contribution in [0.25, 0.3) is 0 Å². The highest BCUT2D eigenvalue weighted by Gasteiger charge is 2.14. The van der Waals surface area contributed by atoms with Crippen LogP contribution < -0.4 is 5.32 Å². The van der Waals surface area contributed by atoms with Gasteiger partial charge >= 0.3 is 0 Å². The Morgan fingerprint density at radius 3 is 2.74 bits per heavy atom. The zero-order valence-corrected chi connectivity index (χ0v) is 12.7. The number of rotatable bonds is 10. The van der Waals surface area contributed by atoms with E-state index in [1.165, 1.54) is 0 Å². The summed E-state index contributed by atoms with van der Waals surface area (Å²) in [5, 5.41) is 3.44. The van der Waals surface area contributed by atoms with E-state index in [1.807, 2.05) is 12.1 Å². The molecule has 1 unspecified atom stereocenters. The van der Waals surface area contributed by atoms with Gasteiger partial charge in [0, 0.05) is 32.8 Å². The summed E-state index contributed by atoms with van der Waals surface area (Å²) in [6.07, 6.45) is 1.71. The molecule has 0 amide bonds. The molecular weight excluding hydrogens is 240 g/mol. The fraction of sp³-hybridized carbons (Fsp3) is 0.733. The van der Waals surface area contributed by atoms with E-state index < -0.39 is 0 Å². The highest BCUT2D eigenvalue weighted by Crippen LogP contribution is 2.05. The number of nitrogens with one attached hydrogen (secondary N) is 1. The molecule has 0 saturated carbocycles. The third-order valence-electron chi connectivity index (χ3n) is 3.12. The molecule has 19 heavy (non-hydrogen) atoms. The van der Waals surface area contributed by atoms with Gasteiger partial charge in [-0.1, -0.05) is 13.8 Å². The van der Waals surface area contributed by atoms with Crippen molar-refractivity contribution in [3.63, 3.8) is 0 Å². The molecule has 1 aromatic rings. The predicted molar refractivity (Wildman–Crippen MR) is 78.2 cm³/mol. The molecule has 0 aliphatic heterocycles. The molecule has 1 heterocycles. The van der Waals surface area contributed by atoms with Gasteiger partial charge in [-0.15, -0.1) is 0 Å². The normalized spacial score (nSPS) is 13.4. The van der Waals surface area contributed by atoms with Crippen molar-refractivity contribution in [2.75, 3.05) is 33.4 Å². The molecule has 1 aromatic heterocycles. The van der Waals surface area contributed by atoms with Crippen LogP contribution in [0.15, 0.2) is 22.8 Å². The largest absolute Gasteiger partial charge is 0.468 e. The first-order chi connectivity index (χ1) is 9.13. The first kappa shape index (κ1) is 16.2. The van der Waals surface area contributed by atoms with Gasteiger partial charge in [0.05, 0.1) is 19.4 Å². The van der Waals surface area contributed by atoms with Crippen LogP contribution in [0.5, 0.6) is 0 Å². The molecule has 110 valence electrons. The van der Waals surface area contributed by atoms with Gasteiger partial charge < -0.3 is 14.5 Å². The van der Waals surface area contributed by atoms with Crippen LogP contribution in [-0.4, -0.2) is 44.3 Å². The second kappa shape index (κ2) is 9.13. The third-order valence-corrected chi connectivity index (χ3v) is 3.12. The van der Waals surface area contributed by atoms with Crippen molar-refractivity contribution in [3.05, 3.63) is 24.2 Å². The summed E-state index contributed by atoms with van der Waals surface area (Å²) in [5.74, 6) is 1.66. The van der Waals surface area contributed by atoms with Crippen molar-refractivity contribution in [1.82, 2.24) is 10.2 Å². The van der Waals surface area contributed by atoms with Crippen LogP contribution in [-0.2, 0) is 11.3 Å². The number of ether oxygens (including phenoxy) is 1. The van der Waals surface area contributed by atoms with Crippen molar-refractivity contribution in [3.8, 4) is 0 Å². The summed E-state index contributed by atoms with van der Waals surface area (Å²) >= 11 is 0. The Balaban J connectivity index is 2.30. The number of methoxy groups -OCH3 is 1. The van der Waals surface area contributed by atoms with E-state index in [2.05, 4.69) is 31.0 Å². The number of furan rings is 1. The van der Waals surface area contributed by atoms with Crippen LogP contribution in [0.3, 0.4) is 0 Å². The third kappa shape index (κ3) is 6.76. The Hall–Kier alpha value is -0.840. The zero-order chi connectivity index (χ0) is 14.1. The maximum absolute atomic E-state index is 5.31. The van der Waals surface area contributed by atoms with Crippen LogP contribution in [0.1, 0.15) is 26.5 Å². The summed E-state index contributed by atoms with van der Waals surface area (Å²) in [6, 6.07) is 4.41. The summed E-state index contributed by atoms with van der Waals surface area (Å²) in [5.41, 5.74) is 0. The molecule has 0 aromatic carbocycles. The molecule has 1 atom stereocenters. The lowest BCUT2D eigenvalue weighted by Gasteiger charge is -2.30. The molecular formula is C15H28N2O2. The molecule has 0 fully saturated rings. The SMILES string of the molecule is COCCN(CC(C)C)C(C)CNCc1ccco1. The minimum absolute atomic E-state index is 0.493. The molecule has 0 saturated heterocycles. The summed E-state index contributed by atoms with van der Waals surface area (Å²) in [7, 11) is 1.76. The Labute approximate surface area is 117 Å². The molecule has 1 N–H and O–H groups in total. The van der Waals surface area contributed by atoms with Crippen molar-refractivity contribution >= 4 is 0 Å². The highest BCUT2D eigenvalue weighted by atomic mass is 16.5. The quantitative estimate of drug-likeness (QED) is 0.707. The first-order valence-electron chi connectivity index (χ1n) is 7.09. The van der Waals surface area contributed by atoms with Crippen molar-refractivity contribution in [2.45, 2.75) is 33.4 Å². The maximum atomic E-state index is 5.31. The highest BCUT2D eigenvalue weighted by molar-refractivity contribution is 4.97. The van der Waals surface area contributed by atoms with Gasteiger partial charge in [-0.3, -0.25) is 4.90 Å². The average molecular weight is 268 g/mol. The van der Waals surface area contributed by atoms with E-state index in [9.17, 15) is 0 Å². The number of hydrogen-bond acceptors (Lipinski definition) is 4. The molecule has 0 radical (unpaired) electrons. The Morgan fingerprint density at radius 1 is 1.37 bits per heavy atom. The Bertz CT molecular complexity index is 312. The number of hydrogen-bond donors (Lipinski definition) is 1. The molecule has 0 aliphatic rings. The predicted octanol–water partition coefficient (Wildman–Crippen LogP) is 2.36. The number of nitrogens with zero attached hydrogens (tertiary/aromatic N) is 1. The molecule has 4 heteroatoms. The lowest BCUT2D eigenvalue weighted by molar-refractivity contribution is 0.114. The van der Waals surface area contributed by atoms with Gasteiger partial charge in [0.25, 0.3) is 0 Å². The average Bonchev–Trinajstić information content (AvgIpc) is 2.87. The standard InChI is InChI=1S/C15H28N2O2/c1-13(2)12-17(7-9-18-4)14(3)10-16-11-15-6-5-8-19-15/h5-6,8,13-14,16H,7,9-12H2,1-4H3. The van der Waals surface area contributed by atoms with Gasteiger partial charge in [-0.25, -0.2) is 0 Å². The second-order valence-corrected chi connectivity index (χ2v) is 5.44. The molecule has 4 nitrogen and oxygen atoms in total. The summed E-state index contributed by atoms with van der Waals surface area (Å²) in [4.78, 5) is 2.48. The van der Waals surface area contributed by atoms with E-state index >= 15 is 0 Å². The fourth-order valence-electron chi connectivity index (χ4n) is 2.12. The lowest BCUT2D eigenvalue weighted by Crippen LogP contribution is -2.43. The second-order valence-electron chi connectivity index (χ2n) is 5.44. The lowest BCUT2D eigenvalue weighted by atomic mass is 10.1. The van der Waals surface area contributed by atoms with Crippen molar-refractivity contribution in [1.29, 1.82) is 0 Å². The Kier molecular flexibility index (Phi) is 7.79. The smallest absolute Gasteiger partial charge is 0.117 e. The van der Waals surface area contributed by atoms with Crippen molar-refractivity contribution < 1.29 is 9.15 Å². The van der Waals surface area contributed by atoms with E-state index in [0.29, 0.717) is 12.0 Å². The molecule has 0 bridgehead atoms. The van der Waals surface area contributed by atoms with Gasteiger partial charge in [-0.2, -0.15) is 0 Å². The van der Waals surface area contributed by atoms with E-state index in [1.54, 1.807) is 13.4 Å². The van der Waals surface area contributed by atoms with E-state index in [0.717, 1.165) is 38.5 Å². The van der Waals surface area contributed by atoms with Gasteiger partial charge in [0.1, 0.15) is 5.76 Å². The molecule has 1 rings (SSSR count). The topological polar surface area (TPSA) is 37.6 Å².